The molecule has 4 aliphatic carbocycles. The lowest BCUT2D eigenvalue weighted by Gasteiger charge is -2.31. The van der Waals surface area contributed by atoms with Gasteiger partial charge in [0, 0.05) is 95.2 Å². The van der Waals surface area contributed by atoms with Crippen molar-refractivity contribution in [1.82, 2.24) is 10.2 Å². The Labute approximate surface area is 548 Å². The van der Waals surface area contributed by atoms with Crippen LogP contribution in [0.4, 0.5) is 18.9 Å². The highest BCUT2D eigenvalue weighted by molar-refractivity contribution is 5.98. The minimum Gasteiger partial charge on any atom is -0.497 e. The van der Waals surface area contributed by atoms with Crippen LogP contribution in [0.2, 0.25) is 0 Å². The third kappa shape index (κ3) is 23.9. The van der Waals surface area contributed by atoms with Crippen molar-refractivity contribution in [3.8, 4) is 82.2 Å². The molecule has 1 fully saturated rings. The highest BCUT2D eigenvalue weighted by atomic mass is 19.3. The quantitative estimate of drug-likeness (QED) is 0.126. The maximum absolute atomic E-state index is 14.3. The summed E-state index contributed by atoms with van der Waals surface area (Å²) < 4.78 is 79.2. The molecule has 17 heteroatoms. The second-order valence-corrected chi connectivity index (χ2v) is 25.8. The maximum Gasteiger partial charge on any atom is 0.310 e. The van der Waals surface area contributed by atoms with Crippen molar-refractivity contribution >= 4 is 29.4 Å². The van der Waals surface area contributed by atoms with Gasteiger partial charge in [-0.15, -0.1) is 11.8 Å². The van der Waals surface area contributed by atoms with Crippen LogP contribution in [0.15, 0.2) is 24.3 Å². The lowest BCUT2D eigenvalue weighted by molar-refractivity contribution is -0.148. The van der Waals surface area contributed by atoms with E-state index in [1.165, 1.54) is 12.8 Å². The van der Waals surface area contributed by atoms with Crippen LogP contribution in [0.3, 0.4) is 0 Å². The molecule has 2 aromatic carbocycles. The number of hydrogen-bond acceptors (Lipinski definition) is 11. The van der Waals surface area contributed by atoms with E-state index in [1.807, 2.05) is 92.3 Å². The number of alkyl halides is 3. The second-order valence-electron chi connectivity index (χ2n) is 25.8. The molecule has 2 aliphatic heterocycles. The predicted octanol–water partition coefficient (Wildman–Crippen LogP) is 13.5. The number of anilines is 1. The SMILES string of the molecule is CC(C)C(=O)OCC1C2CCC#CCCC21.CC(C)CC1CCCCC#CC1(F)F.CC(C)CNC(=O)C1(F)C#CCCCCC1.COC1C#CCCN(C(=O)C(C)C)CC1OC.COc1ccc2c(c1)CN(C(=O)C(C)C)c1cc(OC)c(OC)c(OC)c1C#C2. The molecule has 6 atom stereocenters. The van der Waals surface area contributed by atoms with Crippen LogP contribution in [0.5, 0.6) is 23.0 Å². The molecular formula is C75H104F3N3O11. The first-order chi connectivity index (χ1) is 43.8. The van der Waals surface area contributed by atoms with Crippen molar-refractivity contribution in [1.29, 1.82) is 0 Å². The predicted molar refractivity (Wildman–Crippen MR) is 356 cm³/mol. The average Bonchev–Trinajstić information content (AvgIpc) is 0.924. The molecule has 0 spiro atoms. The van der Waals surface area contributed by atoms with Crippen LogP contribution in [-0.4, -0.2) is 121 Å². The Morgan fingerprint density at radius 2 is 1.30 bits per heavy atom. The van der Waals surface area contributed by atoms with Crippen LogP contribution in [0.25, 0.3) is 0 Å². The highest BCUT2D eigenvalue weighted by Gasteiger charge is 2.49. The topological polar surface area (TPSA) is 151 Å². The maximum atomic E-state index is 14.3. The smallest absolute Gasteiger partial charge is 0.310 e. The van der Waals surface area contributed by atoms with Crippen LogP contribution >= 0.6 is 0 Å². The average molecular weight is 1280 g/mol. The van der Waals surface area contributed by atoms with Crippen molar-refractivity contribution in [2.45, 2.75) is 196 Å². The summed E-state index contributed by atoms with van der Waals surface area (Å²) >= 11 is 0. The van der Waals surface area contributed by atoms with Crippen LogP contribution in [0, 0.1) is 112 Å². The molecule has 6 aliphatic rings. The minimum atomic E-state index is -2.76. The first-order valence-corrected chi connectivity index (χ1v) is 32.9. The molecular weight excluding hydrogens is 1180 g/mol. The Bertz CT molecular complexity index is 3050. The van der Waals surface area contributed by atoms with Crippen LogP contribution < -0.4 is 29.2 Å². The molecule has 6 unspecified atom stereocenters. The van der Waals surface area contributed by atoms with Gasteiger partial charge in [0.1, 0.15) is 18.0 Å². The Kier molecular flexibility index (Phi) is 32.8. The molecule has 506 valence electrons. The van der Waals surface area contributed by atoms with E-state index >= 15 is 0 Å². The van der Waals surface area contributed by atoms with Crippen molar-refractivity contribution < 1.29 is 65.5 Å². The van der Waals surface area contributed by atoms with Gasteiger partial charge in [-0.2, -0.15) is 8.78 Å². The molecule has 1 saturated carbocycles. The van der Waals surface area contributed by atoms with Gasteiger partial charge in [-0.05, 0) is 104 Å². The first kappa shape index (κ1) is 77.5. The van der Waals surface area contributed by atoms with Gasteiger partial charge < -0.3 is 48.3 Å². The fraction of sp³-hybridized carbons (Fsp3) is 0.653. The van der Waals surface area contributed by atoms with E-state index in [-0.39, 0.29) is 54.2 Å². The summed E-state index contributed by atoms with van der Waals surface area (Å²) in [6.07, 6.45) is 12.0. The standard InChI is InChI=1S/C23H25NO5.C14H20O2.C13H20FNO.C13H21NO3.C12H18F2/c1-14(2)23(25)24-13-16-11-17(26-3)9-7-15(16)8-10-18-19(24)12-20(27-4)22(29-6)21(18)28-5;1-10(2)14(15)16-9-13-11-7-5-3-4-6-8-12(11)13;1-11(2)10-15-12(16)13(14)8-6-4-3-5-7-9-13;1-10(2)13(15)14-8-6-5-7-11(16-3)12(9-14)17-4;1-10(2)9-11-7-5-3-4-6-8-12(11,13)14/h7,9,11-12,14H,13H2,1-6H3;10-13H,5-9H2,1-2H3;11H,3-6,8,10H2,1-2H3,(H,15,16);10-12H,6,8-9H2,1-4H3;10-11H,3-5,7,9H2,1-2H3. The molecule has 0 bridgehead atoms. The number of halogens is 3. The molecule has 0 aromatic heterocycles. The number of benzene rings is 2. The second kappa shape index (κ2) is 38.9. The zero-order valence-corrected chi connectivity index (χ0v) is 57.8. The van der Waals surface area contributed by atoms with E-state index in [1.54, 1.807) is 53.6 Å². The van der Waals surface area contributed by atoms with Gasteiger partial charge in [0.25, 0.3) is 5.91 Å². The summed E-state index contributed by atoms with van der Waals surface area (Å²) in [5.41, 5.74) is 0.981. The minimum absolute atomic E-state index is 0.000821. The number of methoxy groups -OCH3 is 6. The lowest BCUT2D eigenvalue weighted by atomic mass is 9.86. The summed E-state index contributed by atoms with van der Waals surface area (Å²) in [7, 11) is 9.49. The summed E-state index contributed by atoms with van der Waals surface area (Å²) in [6, 6.07) is 7.44. The third-order valence-electron chi connectivity index (χ3n) is 16.7. The van der Waals surface area contributed by atoms with E-state index in [0.29, 0.717) is 117 Å². The zero-order chi connectivity index (χ0) is 68.1. The number of nitrogens with one attached hydrogen (secondary N) is 1. The molecule has 0 radical (unpaired) electrons. The molecule has 2 aromatic rings. The number of esters is 1. The normalized spacial score (nSPS) is 22.3. The number of rotatable bonds is 16. The number of nitrogens with zero attached hydrogens (tertiary/aromatic N) is 2. The van der Waals surface area contributed by atoms with Gasteiger partial charge in [-0.25, -0.2) is 4.39 Å². The summed E-state index contributed by atoms with van der Waals surface area (Å²) in [5, 5.41) is 2.62. The van der Waals surface area contributed by atoms with E-state index in [4.69, 9.17) is 33.2 Å². The third-order valence-corrected chi connectivity index (χ3v) is 16.7. The Hall–Kier alpha value is -6.97. The molecule has 14 nitrogen and oxygen atoms in total. The van der Waals surface area contributed by atoms with Crippen molar-refractivity contribution in [2.24, 2.45) is 53.3 Å². The van der Waals surface area contributed by atoms with Crippen LogP contribution in [0.1, 0.15) is 182 Å². The molecule has 92 heavy (non-hydrogen) atoms. The number of hydrogen-bond donors (Lipinski definition) is 1. The number of amides is 3. The number of carbonyl (C=O) groups excluding carboxylic acids is 4. The van der Waals surface area contributed by atoms with Gasteiger partial charge in [0.15, 0.2) is 11.5 Å². The molecule has 3 amide bonds. The molecule has 1 N–H and O–H groups in total. The lowest BCUT2D eigenvalue weighted by Crippen LogP contribution is -2.46. The summed E-state index contributed by atoms with van der Waals surface area (Å²) in [5.74, 6) is 29.7. The number of fused-ring (bicyclic) bond motifs is 3. The van der Waals surface area contributed by atoms with Gasteiger partial charge in [0.05, 0.1) is 65.3 Å². The Morgan fingerprint density at radius 1 is 0.652 bits per heavy atom. The largest absolute Gasteiger partial charge is 0.497 e. The zero-order valence-electron chi connectivity index (χ0n) is 57.8. The van der Waals surface area contributed by atoms with Crippen molar-refractivity contribution in [2.75, 3.05) is 73.8 Å². The highest BCUT2D eigenvalue weighted by Crippen LogP contribution is 2.52. The first-order valence-electron chi connectivity index (χ1n) is 32.9. The fourth-order valence-corrected chi connectivity index (χ4v) is 11.3. The van der Waals surface area contributed by atoms with Gasteiger partial charge >= 0.3 is 11.9 Å². The van der Waals surface area contributed by atoms with E-state index < -0.39 is 23.4 Å². The number of carbonyl (C=O) groups is 4. The molecule has 2 heterocycles. The fourth-order valence-electron chi connectivity index (χ4n) is 11.3. The summed E-state index contributed by atoms with van der Waals surface area (Å²) in [4.78, 5) is 51.8. The Balaban J connectivity index is 0.000000253. The van der Waals surface area contributed by atoms with Crippen molar-refractivity contribution in [3.63, 3.8) is 0 Å². The Morgan fingerprint density at radius 3 is 1.88 bits per heavy atom. The van der Waals surface area contributed by atoms with E-state index in [9.17, 15) is 32.3 Å². The van der Waals surface area contributed by atoms with Crippen molar-refractivity contribution in [3.05, 3.63) is 41.0 Å². The van der Waals surface area contributed by atoms with E-state index in [0.717, 1.165) is 67.9 Å². The van der Waals surface area contributed by atoms with Gasteiger partial charge in [-0.1, -0.05) is 124 Å². The van der Waals surface area contributed by atoms with Crippen LogP contribution in [-0.2, 0) is 39.9 Å². The molecule has 8 rings (SSSR count). The monoisotopic (exact) mass is 1280 g/mol. The van der Waals surface area contributed by atoms with Gasteiger partial charge in [0.2, 0.25) is 23.2 Å². The molecule has 0 saturated heterocycles. The van der Waals surface area contributed by atoms with E-state index in [2.05, 4.69) is 64.5 Å². The summed E-state index contributed by atoms with van der Waals surface area (Å²) in [6.45, 7) is 22.0. The van der Waals surface area contributed by atoms with Gasteiger partial charge in [-0.3, -0.25) is 19.2 Å². The number of ether oxygens (including phenoxy) is 7.